The number of ether oxygens (including phenoxy) is 1. The second kappa shape index (κ2) is 6.72. The fourth-order valence-corrected chi connectivity index (χ4v) is 4.22. The van der Waals surface area contributed by atoms with Gasteiger partial charge in [-0.25, -0.2) is 9.00 Å². The lowest BCUT2D eigenvalue weighted by Gasteiger charge is -2.39. The summed E-state index contributed by atoms with van der Waals surface area (Å²) < 4.78 is 24.4. The fourth-order valence-electron chi connectivity index (χ4n) is 3.50. The number of piperidine rings is 1. The molecule has 0 bridgehead atoms. The maximum atomic E-state index is 12.7. The van der Waals surface area contributed by atoms with Gasteiger partial charge >= 0.3 is 6.09 Å². The number of nitrogens with zero attached hydrogens (tertiary/aromatic N) is 4. The van der Waals surface area contributed by atoms with Gasteiger partial charge in [0.1, 0.15) is 16.6 Å². The Hall–Kier alpha value is -1.70. The molecule has 1 spiro atoms. The molecule has 1 atom stereocenters. The quantitative estimate of drug-likeness (QED) is 0.733. The van der Waals surface area contributed by atoms with Crippen LogP contribution in [0.1, 0.15) is 60.1 Å². The van der Waals surface area contributed by atoms with E-state index in [0.717, 1.165) is 30.8 Å². The molecule has 0 unspecified atom stereocenters. The van der Waals surface area contributed by atoms with E-state index in [1.807, 2.05) is 52.3 Å². The first-order chi connectivity index (χ1) is 12.4. The highest BCUT2D eigenvalue weighted by molar-refractivity contribution is 7.85. The highest BCUT2D eigenvalue weighted by Gasteiger charge is 2.48. The first-order valence-electron chi connectivity index (χ1n) is 9.43. The van der Waals surface area contributed by atoms with Crippen LogP contribution in [0.25, 0.3) is 0 Å². The van der Waals surface area contributed by atoms with Crippen molar-refractivity contribution in [2.24, 2.45) is 9.81 Å². The van der Waals surface area contributed by atoms with E-state index in [-0.39, 0.29) is 11.5 Å². The summed E-state index contributed by atoms with van der Waals surface area (Å²) in [7, 11) is -1.34. The second-order valence-corrected chi connectivity index (χ2v) is 11.3. The first kappa shape index (κ1) is 20.0. The van der Waals surface area contributed by atoms with Crippen molar-refractivity contribution >= 4 is 22.8 Å². The molecule has 150 valence electrons. The van der Waals surface area contributed by atoms with Crippen molar-refractivity contribution in [2.45, 2.75) is 71.3 Å². The molecule has 1 aromatic rings. The van der Waals surface area contributed by atoms with Crippen molar-refractivity contribution in [3.05, 3.63) is 18.0 Å². The van der Waals surface area contributed by atoms with Crippen LogP contribution in [0, 0.1) is 5.41 Å². The molecule has 0 N–H and O–H groups in total. The number of amides is 1. The highest BCUT2D eigenvalue weighted by atomic mass is 32.2. The summed E-state index contributed by atoms with van der Waals surface area (Å²) >= 11 is 0. The third-order valence-corrected chi connectivity index (χ3v) is 6.38. The van der Waals surface area contributed by atoms with Crippen molar-refractivity contribution in [3.63, 3.8) is 0 Å². The van der Waals surface area contributed by atoms with Crippen molar-refractivity contribution in [1.82, 2.24) is 14.7 Å². The summed E-state index contributed by atoms with van der Waals surface area (Å²) in [6.07, 6.45) is 3.00. The van der Waals surface area contributed by atoms with Crippen LogP contribution >= 0.6 is 0 Å². The molecule has 1 amide bonds. The lowest BCUT2D eigenvalue weighted by molar-refractivity contribution is 0.0150. The van der Waals surface area contributed by atoms with Crippen molar-refractivity contribution < 1.29 is 13.7 Å². The smallest absolute Gasteiger partial charge is 0.410 e. The number of hydrogen-bond acceptors (Lipinski definition) is 4. The van der Waals surface area contributed by atoms with Gasteiger partial charge in [-0.3, -0.25) is 4.68 Å². The van der Waals surface area contributed by atoms with Gasteiger partial charge < -0.3 is 9.64 Å². The Morgan fingerprint density at radius 2 is 1.85 bits per heavy atom. The Labute approximate surface area is 163 Å². The largest absolute Gasteiger partial charge is 0.444 e. The van der Waals surface area contributed by atoms with Crippen molar-refractivity contribution in [2.75, 3.05) is 13.1 Å². The van der Waals surface area contributed by atoms with Crippen LogP contribution in [-0.2, 0) is 22.3 Å². The number of hydrogen-bond donors (Lipinski definition) is 0. The maximum absolute atomic E-state index is 12.7. The molecule has 27 heavy (non-hydrogen) atoms. The number of likely N-dealkylation sites (tertiary alicyclic amines) is 1. The van der Waals surface area contributed by atoms with Crippen LogP contribution in [0.15, 0.2) is 16.7 Å². The molecule has 7 nitrogen and oxygen atoms in total. The van der Waals surface area contributed by atoms with E-state index in [2.05, 4.69) is 9.50 Å². The molecule has 0 saturated carbocycles. The van der Waals surface area contributed by atoms with Gasteiger partial charge in [-0.05, 0) is 60.5 Å². The van der Waals surface area contributed by atoms with Gasteiger partial charge in [0.2, 0.25) is 0 Å². The molecule has 2 aliphatic heterocycles. The van der Waals surface area contributed by atoms with Crippen LogP contribution in [-0.4, -0.2) is 54.1 Å². The molecule has 3 rings (SSSR count). The molecule has 8 heteroatoms. The fraction of sp³-hybridized carbons (Fsp3) is 0.737. The van der Waals surface area contributed by atoms with Gasteiger partial charge in [0.15, 0.2) is 0 Å². The molecule has 2 aliphatic rings. The Morgan fingerprint density at radius 1 is 1.22 bits per heavy atom. The molecule has 1 aromatic heterocycles. The van der Waals surface area contributed by atoms with E-state index in [1.165, 1.54) is 0 Å². The second-order valence-electron chi connectivity index (χ2n) is 9.42. The Morgan fingerprint density at radius 3 is 2.41 bits per heavy atom. The Kier molecular flexibility index (Phi) is 4.99. The Bertz CT molecular complexity index is 778. The van der Waals surface area contributed by atoms with E-state index in [0.29, 0.717) is 13.1 Å². The lowest BCUT2D eigenvalue weighted by Crippen LogP contribution is -2.47. The predicted octanol–water partition coefficient (Wildman–Crippen LogP) is 3.17. The van der Waals surface area contributed by atoms with Crippen LogP contribution in [0.4, 0.5) is 4.79 Å². The molecule has 3 heterocycles. The number of aromatic nitrogens is 2. The number of carbonyl (C=O) groups is 1. The number of carbonyl (C=O) groups excluding carboxylic acids is 1. The first-order valence-corrected chi connectivity index (χ1v) is 10.5. The third-order valence-electron chi connectivity index (χ3n) is 4.98. The SMILES string of the molecule is CC(C)(C)OC(=O)N1CCC2(CC1)Cn1nccc1C2=N[S@@](=O)C(C)(C)C. The Balaban J connectivity index is 1.82. The maximum Gasteiger partial charge on any atom is 0.410 e. The van der Waals surface area contributed by atoms with Crippen LogP contribution in [0.3, 0.4) is 0 Å². The molecule has 0 radical (unpaired) electrons. The summed E-state index contributed by atoms with van der Waals surface area (Å²) in [5.74, 6) is 0. The monoisotopic (exact) mass is 394 g/mol. The summed E-state index contributed by atoms with van der Waals surface area (Å²) in [6, 6.07) is 1.94. The van der Waals surface area contributed by atoms with Gasteiger partial charge in [-0.2, -0.15) is 9.50 Å². The van der Waals surface area contributed by atoms with Crippen LogP contribution in [0.5, 0.6) is 0 Å². The average molecular weight is 395 g/mol. The zero-order valence-electron chi connectivity index (χ0n) is 17.1. The molecule has 0 aromatic carbocycles. The molecule has 0 aliphatic carbocycles. The summed E-state index contributed by atoms with van der Waals surface area (Å²) in [5.41, 5.74) is 1.09. The lowest BCUT2D eigenvalue weighted by atomic mass is 9.75. The standard InChI is InChI=1S/C19H30N4O3S/c1-17(2,3)26-16(24)22-11-8-19(9-12-22)13-23-14(7-10-20-23)15(19)21-27(25)18(4,5)6/h7,10H,8-9,11-13H2,1-6H3/t27-/m0/s1. The molecular weight excluding hydrogens is 364 g/mol. The highest BCUT2D eigenvalue weighted by Crippen LogP contribution is 2.42. The van der Waals surface area contributed by atoms with E-state index >= 15 is 0 Å². The van der Waals surface area contributed by atoms with Gasteiger partial charge in [-0.1, -0.05) is 0 Å². The minimum absolute atomic E-state index is 0.219. The van der Waals surface area contributed by atoms with Crippen molar-refractivity contribution in [1.29, 1.82) is 0 Å². The van der Waals surface area contributed by atoms with Gasteiger partial charge in [0.25, 0.3) is 0 Å². The van der Waals surface area contributed by atoms with Crippen molar-refractivity contribution in [3.8, 4) is 0 Å². The van der Waals surface area contributed by atoms with E-state index in [4.69, 9.17) is 4.74 Å². The average Bonchev–Trinajstić information content (AvgIpc) is 3.07. The molecular formula is C19H30N4O3S. The summed E-state index contributed by atoms with van der Waals surface area (Å²) in [4.78, 5) is 14.1. The number of fused-ring (bicyclic) bond motifs is 1. The normalized spacial score (nSPS) is 22.1. The number of rotatable bonds is 1. The zero-order chi connectivity index (χ0) is 20.0. The van der Waals surface area contributed by atoms with E-state index < -0.39 is 21.3 Å². The minimum atomic E-state index is -1.34. The zero-order valence-corrected chi connectivity index (χ0v) is 17.9. The topological polar surface area (TPSA) is 76.8 Å². The van der Waals surface area contributed by atoms with E-state index in [9.17, 15) is 9.00 Å². The summed E-state index contributed by atoms with van der Waals surface area (Å²) in [6.45, 7) is 13.3. The van der Waals surface area contributed by atoms with E-state index in [1.54, 1.807) is 11.1 Å². The molecule has 1 fully saturated rings. The predicted molar refractivity (Wildman–Crippen MR) is 106 cm³/mol. The van der Waals surface area contributed by atoms with Gasteiger partial charge in [0.05, 0.1) is 22.7 Å². The van der Waals surface area contributed by atoms with Crippen LogP contribution in [0.2, 0.25) is 0 Å². The van der Waals surface area contributed by atoms with Gasteiger partial charge in [0, 0.05) is 24.7 Å². The minimum Gasteiger partial charge on any atom is -0.444 e. The molecule has 1 saturated heterocycles. The van der Waals surface area contributed by atoms with Gasteiger partial charge in [-0.15, -0.1) is 0 Å². The van der Waals surface area contributed by atoms with Crippen LogP contribution < -0.4 is 0 Å². The third kappa shape index (κ3) is 4.10. The summed E-state index contributed by atoms with van der Waals surface area (Å²) in [5, 5.41) is 4.40.